The average molecular weight is 315 g/mol. The summed E-state index contributed by atoms with van der Waals surface area (Å²) in [6.07, 6.45) is 0.631. The first-order valence-electron chi connectivity index (χ1n) is 6.62. The molecule has 0 saturated heterocycles. The van der Waals surface area contributed by atoms with Gasteiger partial charge in [-0.15, -0.1) is 0 Å². The van der Waals surface area contributed by atoms with E-state index in [1.165, 1.54) is 7.11 Å². The van der Waals surface area contributed by atoms with Gasteiger partial charge in [0.1, 0.15) is 0 Å². The molecule has 0 saturated carbocycles. The zero-order valence-corrected chi connectivity index (χ0v) is 13.5. The summed E-state index contributed by atoms with van der Waals surface area (Å²) in [6, 6.07) is 4.93. The molecule has 118 valence electrons. The van der Waals surface area contributed by atoms with Crippen LogP contribution in [0.2, 0.25) is 0 Å². The van der Waals surface area contributed by atoms with Crippen LogP contribution in [0, 0.1) is 6.92 Å². The molecule has 1 aromatic carbocycles. The fraction of sp³-hybridized carbons (Fsp3) is 0.500. The number of para-hydroxylation sites is 1. The molecule has 0 aliphatic carbocycles. The van der Waals surface area contributed by atoms with Gasteiger partial charge in [-0.25, -0.2) is 0 Å². The number of rotatable bonds is 5. The van der Waals surface area contributed by atoms with E-state index in [0.29, 0.717) is 12.1 Å². The van der Waals surface area contributed by atoms with Gasteiger partial charge < -0.3 is 4.74 Å². The van der Waals surface area contributed by atoms with Crippen LogP contribution in [-0.4, -0.2) is 38.0 Å². The molecule has 1 atom stereocenters. The second-order valence-electron chi connectivity index (χ2n) is 4.85. The molecular formula is C14H21NO5S. The topological polar surface area (TPSA) is 83.9 Å². The van der Waals surface area contributed by atoms with Gasteiger partial charge in [0.25, 0.3) is 0 Å². The molecule has 1 unspecified atom stereocenters. The molecule has 0 aliphatic rings. The van der Waals surface area contributed by atoms with Crippen molar-refractivity contribution in [2.75, 3.05) is 18.6 Å². The summed E-state index contributed by atoms with van der Waals surface area (Å²) in [7, 11) is -3.36. The number of hydrogen-bond acceptors (Lipinski definition) is 4. The van der Waals surface area contributed by atoms with Gasteiger partial charge in [0, 0.05) is 7.11 Å². The van der Waals surface area contributed by atoms with Crippen molar-refractivity contribution in [2.45, 2.75) is 33.2 Å². The zero-order valence-electron chi connectivity index (χ0n) is 12.7. The SMILES string of the molecule is CCc1cccc(C)c1N(C(=O)S(=O)(=O)O)C(C)COC. The third-order valence-corrected chi connectivity index (χ3v) is 3.85. The highest BCUT2D eigenvalue weighted by molar-refractivity contribution is 8.01. The monoisotopic (exact) mass is 315 g/mol. The van der Waals surface area contributed by atoms with Gasteiger partial charge in [-0.2, -0.15) is 8.42 Å². The molecule has 0 spiro atoms. The van der Waals surface area contributed by atoms with Crippen molar-refractivity contribution in [1.29, 1.82) is 0 Å². The van der Waals surface area contributed by atoms with Gasteiger partial charge >= 0.3 is 15.4 Å². The smallest absolute Gasteiger partial charge is 0.370 e. The van der Waals surface area contributed by atoms with E-state index in [1.54, 1.807) is 19.9 Å². The van der Waals surface area contributed by atoms with Crippen molar-refractivity contribution in [1.82, 2.24) is 0 Å². The van der Waals surface area contributed by atoms with Crippen molar-refractivity contribution in [3.63, 3.8) is 0 Å². The molecule has 0 bridgehead atoms. The Bertz CT molecular complexity index is 612. The van der Waals surface area contributed by atoms with Crippen LogP contribution in [-0.2, 0) is 21.3 Å². The van der Waals surface area contributed by atoms with E-state index in [9.17, 15) is 13.2 Å². The highest BCUT2D eigenvalue weighted by Crippen LogP contribution is 2.29. The minimum atomic E-state index is -4.82. The Kier molecular flexibility index (Phi) is 5.88. The summed E-state index contributed by atoms with van der Waals surface area (Å²) in [6.45, 7) is 5.52. The maximum absolute atomic E-state index is 12.1. The Balaban J connectivity index is 3.48. The summed E-state index contributed by atoms with van der Waals surface area (Å²) in [5.74, 6) is 0. The number of hydrogen-bond donors (Lipinski definition) is 1. The van der Waals surface area contributed by atoms with Gasteiger partial charge in [0.05, 0.1) is 18.3 Å². The minimum absolute atomic E-state index is 0.152. The molecule has 7 heteroatoms. The number of anilines is 1. The summed E-state index contributed by atoms with van der Waals surface area (Å²) < 4.78 is 36.7. The number of carbonyl (C=O) groups excluding carboxylic acids is 1. The van der Waals surface area contributed by atoms with Crippen molar-refractivity contribution in [3.8, 4) is 0 Å². The van der Waals surface area contributed by atoms with Gasteiger partial charge in [0.2, 0.25) is 0 Å². The molecule has 1 aromatic rings. The normalized spacial score (nSPS) is 13.0. The van der Waals surface area contributed by atoms with E-state index in [2.05, 4.69) is 0 Å². The van der Waals surface area contributed by atoms with Crippen LogP contribution in [0.5, 0.6) is 0 Å². The fourth-order valence-electron chi connectivity index (χ4n) is 2.28. The molecule has 6 nitrogen and oxygen atoms in total. The number of carbonyl (C=O) groups is 1. The summed E-state index contributed by atoms with van der Waals surface area (Å²) in [5.41, 5.74) is 2.09. The lowest BCUT2D eigenvalue weighted by molar-refractivity contribution is 0.182. The maximum Gasteiger partial charge on any atom is 0.370 e. The number of ether oxygens (including phenoxy) is 1. The predicted molar refractivity (Wildman–Crippen MR) is 81.3 cm³/mol. The number of methoxy groups -OCH3 is 1. The highest BCUT2D eigenvalue weighted by atomic mass is 32.2. The van der Waals surface area contributed by atoms with Crippen LogP contribution in [0.3, 0.4) is 0 Å². The molecule has 1 N–H and O–H groups in total. The van der Waals surface area contributed by atoms with Crippen molar-refractivity contribution >= 4 is 21.0 Å². The van der Waals surface area contributed by atoms with Gasteiger partial charge in [-0.05, 0) is 31.4 Å². The van der Waals surface area contributed by atoms with E-state index >= 15 is 0 Å². The zero-order chi connectivity index (χ0) is 16.2. The average Bonchev–Trinajstić information content (AvgIpc) is 2.39. The van der Waals surface area contributed by atoms with Gasteiger partial charge in [-0.3, -0.25) is 14.2 Å². The molecule has 0 fully saturated rings. The summed E-state index contributed by atoms with van der Waals surface area (Å²) in [5, 5.41) is -1.34. The number of nitrogens with zero attached hydrogens (tertiary/aromatic N) is 1. The third-order valence-electron chi connectivity index (χ3n) is 3.21. The second-order valence-corrected chi connectivity index (χ2v) is 6.15. The standard InChI is InChI=1S/C14H21NO5S/c1-5-12-8-6-7-10(2)13(12)15(11(3)9-20-4)14(16)21(17,18)19/h6-8,11H,5,9H2,1-4H3,(H,17,18,19). The van der Waals surface area contributed by atoms with Crippen LogP contribution in [0.1, 0.15) is 25.0 Å². The van der Waals surface area contributed by atoms with Crippen LogP contribution in [0.25, 0.3) is 0 Å². The Morgan fingerprint density at radius 2 is 2.05 bits per heavy atom. The molecular weight excluding hydrogens is 294 g/mol. The Hall–Kier alpha value is -1.44. The molecule has 1 rings (SSSR count). The van der Waals surface area contributed by atoms with Crippen LogP contribution in [0.15, 0.2) is 18.2 Å². The van der Waals surface area contributed by atoms with Crippen molar-refractivity contribution in [2.24, 2.45) is 0 Å². The first-order valence-corrected chi connectivity index (χ1v) is 8.06. The minimum Gasteiger partial charge on any atom is -0.383 e. The number of benzene rings is 1. The Labute approximate surface area is 125 Å². The molecule has 0 radical (unpaired) electrons. The van der Waals surface area contributed by atoms with E-state index in [0.717, 1.165) is 16.0 Å². The van der Waals surface area contributed by atoms with Gasteiger partial charge in [-0.1, -0.05) is 25.1 Å². The predicted octanol–water partition coefficient (Wildman–Crippen LogP) is 2.41. The molecule has 0 aromatic heterocycles. The largest absolute Gasteiger partial charge is 0.383 e. The van der Waals surface area contributed by atoms with E-state index in [4.69, 9.17) is 9.29 Å². The summed E-state index contributed by atoms with van der Waals surface area (Å²) >= 11 is 0. The quantitative estimate of drug-likeness (QED) is 0.844. The number of amides is 1. The fourth-order valence-corrected chi connectivity index (χ4v) is 2.80. The van der Waals surface area contributed by atoms with E-state index in [1.807, 2.05) is 19.1 Å². The lowest BCUT2D eigenvalue weighted by Gasteiger charge is -2.30. The highest BCUT2D eigenvalue weighted by Gasteiger charge is 2.33. The van der Waals surface area contributed by atoms with Gasteiger partial charge in [0.15, 0.2) is 0 Å². The summed E-state index contributed by atoms with van der Waals surface area (Å²) in [4.78, 5) is 13.2. The molecule has 0 heterocycles. The molecule has 1 amide bonds. The Morgan fingerprint density at radius 3 is 2.52 bits per heavy atom. The lowest BCUT2D eigenvalue weighted by Crippen LogP contribution is -2.44. The number of aryl methyl sites for hydroxylation is 2. The van der Waals surface area contributed by atoms with Crippen molar-refractivity contribution in [3.05, 3.63) is 29.3 Å². The van der Waals surface area contributed by atoms with E-state index < -0.39 is 21.4 Å². The van der Waals surface area contributed by atoms with Crippen LogP contribution < -0.4 is 4.90 Å². The Morgan fingerprint density at radius 1 is 1.43 bits per heavy atom. The lowest BCUT2D eigenvalue weighted by atomic mass is 10.0. The first-order chi connectivity index (χ1) is 9.73. The molecule has 0 aliphatic heterocycles. The van der Waals surface area contributed by atoms with E-state index in [-0.39, 0.29) is 6.61 Å². The maximum atomic E-state index is 12.1. The van der Waals surface area contributed by atoms with Crippen LogP contribution >= 0.6 is 0 Å². The van der Waals surface area contributed by atoms with Crippen LogP contribution in [0.4, 0.5) is 10.5 Å². The second kappa shape index (κ2) is 7.02. The first kappa shape index (κ1) is 17.6. The third kappa shape index (κ3) is 4.03. The molecule has 21 heavy (non-hydrogen) atoms. The van der Waals surface area contributed by atoms with Crippen molar-refractivity contribution < 1.29 is 22.5 Å².